The lowest BCUT2D eigenvalue weighted by molar-refractivity contribution is -0.0214. The number of ether oxygens (including phenoxy) is 2. The van der Waals surface area contributed by atoms with Gasteiger partial charge in [0.2, 0.25) is 11.8 Å². The van der Waals surface area contributed by atoms with Crippen LogP contribution in [-0.2, 0) is 4.74 Å². The minimum atomic E-state index is -0.439. The van der Waals surface area contributed by atoms with Gasteiger partial charge in [0.25, 0.3) is 0 Å². The van der Waals surface area contributed by atoms with Crippen LogP contribution in [0.25, 0.3) is 10.3 Å². The number of fused-ring (bicyclic) bond motifs is 1. The molecule has 1 saturated heterocycles. The van der Waals surface area contributed by atoms with Gasteiger partial charge in [-0.25, -0.2) is 0 Å². The van der Waals surface area contributed by atoms with Crippen molar-refractivity contribution in [3.8, 4) is 5.88 Å². The molecule has 0 aliphatic carbocycles. The Hall–Kier alpha value is -1.71. The van der Waals surface area contributed by atoms with Crippen molar-refractivity contribution in [1.29, 1.82) is 0 Å². The molecular weight excluding hydrogens is 320 g/mol. The Balaban J connectivity index is 1.99. The fourth-order valence-corrected chi connectivity index (χ4v) is 3.49. The third-order valence-electron chi connectivity index (χ3n) is 3.76. The summed E-state index contributed by atoms with van der Waals surface area (Å²) < 4.78 is 13.4. The number of thiazole rings is 1. The number of aliphatic hydroxyl groups is 1. The van der Waals surface area contributed by atoms with Crippen LogP contribution in [0, 0.1) is 0 Å². The van der Waals surface area contributed by atoms with E-state index in [1.165, 1.54) is 4.57 Å². The lowest BCUT2D eigenvalue weighted by atomic mass is 10.2. The van der Waals surface area contributed by atoms with Gasteiger partial charge in [-0.1, -0.05) is 24.7 Å². The molecule has 0 saturated carbocycles. The van der Waals surface area contributed by atoms with E-state index in [4.69, 9.17) is 15.2 Å². The maximum atomic E-state index is 12.4. The number of aromatic nitrogens is 3. The predicted octanol–water partition coefficient (Wildman–Crippen LogP) is 1.28. The summed E-state index contributed by atoms with van der Waals surface area (Å²) in [7, 11) is 0. The Bertz CT molecular complexity index is 744. The molecule has 8 nitrogen and oxygen atoms in total. The van der Waals surface area contributed by atoms with E-state index in [9.17, 15) is 9.90 Å². The topological polar surface area (TPSA) is 112 Å². The number of nitrogens with zero attached hydrogens (tertiary/aromatic N) is 3. The maximum absolute atomic E-state index is 12.4. The van der Waals surface area contributed by atoms with Gasteiger partial charge in [-0.15, -0.1) is 0 Å². The van der Waals surface area contributed by atoms with Crippen LogP contribution >= 0.6 is 11.3 Å². The van der Waals surface area contributed by atoms with Crippen LogP contribution < -0.4 is 15.3 Å². The van der Waals surface area contributed by atoms with Crippen LogP contribution in [0.5, 0.6) is 5.88 Å². The smallest absolute Gasteiger partial charge is 0.311 e. The summed E-state index contributed by atoms with van der Waals surface area (Å²) in [5.41, 5.74) is 6.20. The number of nitrogen functional groups attached to an aromatic ring is 1. The summed E-state index contributed by atoms with van der Waals surface area (Å²) in [5, 5.41) is 9.20. The van der Waals surface area contributed by atoms with Crippen molar-refractivity contribution in [1.82, 2.24) is 14.5 Å². The average Bonchev–Trinajstić information content (AvgIpc) is 3.11. The second-order valence-corrected chi connectivity index (χ2v) is 6.41. The molecule has 2 unspecified atom stereocenters. The van der Waals surface area contributed by atoms with E-state index in [-0.39, 0.29) is 23.5 Å². The van der Waals surface area contributed by atoms with E-state index in [0.717, 1.165) is 24.2 Å². The van der Waals surface area contributed by atoms with Gasteiger partial charge >= 0.3 is 4.87 Å². The highest BCUT2D eigenvalue weighted by Gasteiger charge is 2.30. The van der Waals surface area contributed by atoms with Gasteiger partial charge in [0.1, 0.15) is 10.9 Å². The monoisotopic (exact) mass is 340 g/mol. The van der Waals surface area contributed by atoms with Crippen molar-refractivity contribution >= 4 is 27.6 Å². The van der Waals surface area contributed by atoms with Crippen LogP contribution in [0.3, 0.4) is 0 Å². The summed E-state index contributed by atoms with van der Waals surface area (Å²) in [5.74, 6) is 0.408. The van der Waals surface area contributed by atoms with Crippen LogP contribution in [-0.4, -0.2) is 39.0 Å². The second kappa shape index (κ2) is 6.81. The first kappa shape index (κ1) is 16.2. The van der Waals surface area contributed by atoms with Gasteiger partial charge in [-0.3, -0.25) is 9.36 Å². The molecule has 3 rings (SSSR count). The molecule has 1 fully saturated rings. The zero-order valence-corrected chi connectivity index (χ0v) is 13.7. The Morgan fingerprint density at radius 2 is 2.30 bits per heavy atom. The Kier molecular flexibility index (Phi) is 4.79. The van der Waals surface area contributed by atoms with Crippen LogP contribution in [0.4, 0.5) is 5.95 Å². The number of unbranched alkanes of at least 4 members (excludes halogenated alkanes) is 1. The SMILES string of the molecule is CCCCOc1nc(N)nc2c1sc(=O)n2C1CCC(CO)O1. The molecule has 0 aromatic carbocycles. The first-order chi connectivity index (χ1) is 11.1. The zero-order chi connectivity index (χ0) is 16.4. The van der Waals surface area contributed by atoms with E-state index in [1.807, 2.05) is 0 Å². The minimum absolute atomic E-state index is 0.0597. The first-order valence-electron chi connectivity index (χ1n) is 7.71. The Morgan fingerprint density at radius 3 is 3.00 bits per heavy atom. The van der Waals surface area contributed by atoms with Crippen LogP contribution in [0.1, 0.15) is 38.8 Å². The highest BCUT2D eigenvalue weighted by Crippen LogP contribution is 2.33. The molecule has 1 aliphatic heterocycles. The highest BCUT2D eigenvalue weighted by molar-refractivity contribution is 7.16. The van der Waals surface area contributed by atoms with Crippen molar-refractivity contribution in [3.05, 3.63) is 9.67 Å². The average molecular weight is 340 g/mol. The molecule has 3 heterocycles. The van der Waals surface area contributed by atoms with Crippen LogP contribution in [0.2, 0.25) is 0 Å². The minimum Gasteiger partial charge on any atom is -0.476 e. The molecule has 2 atom stereocenters. The Morgan fingerprint density at radius 1 is 1.48 bits per heavy atom. The van der Waals surface area contributed by atoms with Crippen molar-refractivity contribution < 1.29 is 14.6 Å². The van der Waals surface area contributed by atoms with E-state index in [2.05, 4.69) is 16.9 Å². The van der Waals surface area contributed by atoms with Gasteiger partial charge in [0, 0.05) is 0 Å². The first-order valence-corrected chi connectivity index (χ1v) is 8.53. The number of hydrogen-bond acceptors (Lipinski definition) is 8. The van der Waals surface area contributed by atoms with E-state index >= 15 is 0 Å². The molecule has 0 amide bonds. The molecule has 3 N–H and O–H groups in total. The molecule has 0 spiro atoms. The number of hydrogen-bond donors (Lipinski definition) is 2. The highest BCUT2D eigenvalue weighted by atomic mass is 32.1. The van der Waals surface area contributed by atoms with E-state index in [1.54, 1.807) is 0 Å². The fourth-order valence-electron chi connectivity index (χ4n) is 2.59. The second-order valence-electron chi connectivity index (χ2n) is 5.45. The van der Waals surface area contributed by atoms with Crippen molar-refractivity contribution in [3.63, 3.8) is 0 Å². The van der Waals surface area contributed by atoms with Gasteiger partial charge in [-0.2, -0.15) is 9.97 Å². The van der Waals surface area contributed by atoms with E-state index < -0.39 is 6.23 Å². The molecular formula is C14H20N4O4S. The zero-order valence-electron chi connectivity index (χ0n) is 12.9. The lowest BCUT2D eigenvalue weighted by Gasteiger charge is -2.13. The van der Waals surface area contributed by atoms with Crippen molar-refractivity contribution in [2.45, 2.75) is 44.9 Å². The van der Waals surface area contributed by atoms with Gasteiger partial charge in [-0.05, 0) is 19.3 Å². The van der Waals surface area contributed by atoms with Gasteiger partial charge in [0.05, 0.1) is 19.3 Å². The predicted molar refractivity (Wildman–Crippen MR) is 86.7 cm³/mol. The molecule has 0 radical (unpaired) electrons. The van der Waals surface area contributed by atoms with E-state index in [0.29, 0.717) is 35.7 Å². The number of aliphatic hydroxyl groups excluding tert-OH is 1. The third-order valence-corrected chi connectivity index (χ3v) is 4.69. The third kappa shape index (κ3) is 3.17. The number of rotatable bonds is 6. The number of nitrogens with two attached hydrogens (primary N) is 1. The summed E-state index contributed by atoms with van der Waals surface area (Å²) in [6, 6.07) is 0. The van der Waals surface area contributed by atoms with Crippen molar-refractivity contribution in [2.24, 2.45) is 0 Å². The number of anilines is 1. The molecule has 23 heavy (non-hydrogen) atoms. The molecule has 2 aromatic rings. The van der Waals surface area contributed by atoms with Gasteiger partial charge < -0.3 is 20.3 Å². The molecule has 0 bridgehead atoms. The maximum Gasteiger partial charge on any atom is 0.311 e. The summed E-state index contributed by atoms with van der Waals surface area (Å²) in [6.45, 7) is 2.52. The normalized spacial score (nSPS) is 21.1. The summed E-state index contributed by atoms with van der Waals surface area (Å²) in [6.07, 6.45) is 2.55. The standard InChI is InChI=1S/C14H20N4O4S/c1-2-3-6-21-12-10-11(16-13(15)17-12)18(14(20)23-10)9-5-4-8(7-19)22-9/h8-9,19H,2-7H2,1H3,(H2,15,16,17). The van der Waals surface area contributed by atoms with Crippen LogP contribution in [0.15, 0.2) is 4.79 Å². The molecule has 9 heteroatoms. The largest absolute Gasteiger partial charge is 0.476 e. The molecule has 1 aliphatic rings. The molecule has 126 valence electrons. The van der Waals surface area contributed by atoms with Gasteiger partial charge in [0.15, 0.2) is 5.65 Å². The summed E-state index contributed by atoms with van der Waals surface area (Å²) in [4.78, 5) is 20.5. The lowest BCUT2D eigenvalue weighted by Crippen LogP contribution is -2.21. The quantitative estimate of drug-likeness (QED) is 0.762. The summed E-state index contributed by atoms with van der Waals surface area (Å²) >= 11 is 1.03. The Labute approximate surface area is 136 Å². The van der Waals surface area contributed by atoms with Crippen molar-refractivity contribution in [2.75, 3.05) is 18.9 Å². The molecule has 2 aromatic heterocycles. The fraction of sp³-hybridized carbons (Fsp3) is 0.643.